The molecule has 0 unspecified atom stereocenters. The summed E-state index contributed by atoms with van der Waals surface area (Å²) < 4.78 is 37.7. The highest BCUT2D eigenvalue weighted by atomic mass is 32.2. The number of sulfonamides is 1. The Morgan fingerprint density at radius 2 is 2.00 bits per heavy atom. The maximum atomic E-state index is 12.6. The predicted octanol–water partition coefficient (Wildman–Crippen LogP) is 2.42. The molecule has 0 spiro atoms. The lowest BCUT2D eigenvalue weighted by Gasteiger charge is -2.34. The van der Waals surface area contributed by atoms with Gasteiger partial charge in [-0.25, -0.2) is 8.42 Å². The number of amides is 1. The summed E-state index contributed by atoms with van der Waals surface area (Å²) in [6.45, 7) is 6.06. The Kier molecular flexibility index (Phi) is 6.32. The van der Waals surface area contributed by atoms with Crippen LogP contribution in [0, 0.1) is 13.8 Å². The Bertz CT molecular complexity index is 990. The van der Waals surface area contributed by atoms with Gasteiger partial charge < -0.3 is 14.8 Å². The van der Waals surface area contributed by atoms with Crippen LogP contribution >= 0.6 is 0 Å². The van der Waals surface area contributed by atoms with Gasteiger partial charge in [0.05, 0.1) is 24.5 Å². The molecule has 3 rings (SSSR count). The third kappa shape index (κ3) is 4.82. The molecule has 1 atom stereocenters. The zero-order valence-corrected chi connectivity index (χ0v) is 17.7. The van der Waals surface area contributed by atoms with Crippen LogP contribution in [-0.2, 0) is 14.8 Å². The number of benzene rings is 2. The average Bonchev–Trinajstić information content (AvgIpc) is 2.72. The fraction of sp³-hybridized carbons (Fsp3) is 0.381. The fourth-order valence-corrected chi connectivity index (χ4v) is 4.19. The van der Waals surface area contributed by atoms with E-state index in [0.29, 0.717) is 18.0 Å². The minimum Gasteiger partial charge on any atom is -0.491 e. The van der Waals surface area contributed by atoms with Gasteiger partial charge in [-0.1, -0.05) is 24.3 Å². The molecule has 0 aliphatic carbocycles. The van der Waals surface area contributed by atoms with Gasteiger partial charge in [-0.15, -0.1) is 0 Å². The first-order chi connectivity index (χ1) is 13.8. The highest BCUT2D eigenvalue weighted by Gasteiger charge is 2.35. The van der Waals surface area contributed by atoms with Crippen LogP contribution in [0.3, 0.4) is 0 Å². The van der Waals surface area contributed by atoms with Crippen molar-refractivity contribution < 1.29 is 22.7 Å². The number of hydrogen-bond donors (Lipinski definition) is 1. The van der Waals surface area contributed by atoms with Crippen molar-refractivity contribution in [3.05, 3.63) is 53.6 Å². The van der Waals surface area contributed by atoms with E-state index in [9.17, 15) is 13.2 Å². The molecule has 8 heteroatoms. The second kappa shape index (κ2) is 8.73. The largest absolute Gasteiger partial charge is 0.491 e. The van der Waals surface area contributed by atoms with Crippen LogP contribution < -0.4 is 19.1 Å². The number of carbonyl (C=O) groups excluding carboxylic acids is 1. The molecular weight excluding hydrogens is 392 g/mol. The molecule has 0 fully saturated rings. The van der Waals surface area contributed by atoms with Gasteiger partial charge in [-0.05, 0) is 50.1 Å². The van der Waals surface area contributed by atoms with Crippen LogP contribution in [-0.4, -0.2) is 45.9 Å². The van der Waals surface area contributed by atoms with Crippen LogP contribution in [0.15, 0.2) is 42.5 Å². The molecule has 29 heavy (non-hydrogen) atoms. The van der Waals surface area contributed by atoms with Gasteiger partial charge in [0.25, 0.3) is 5.91 Å². The van der Waals surface area contributed by atoms with Gasteiger partial charge in [0, 0.05) is 0 Å². The molecule has 7 nitrogen and oxygen atoms in total. The number of fused-ring (bicyclic) bond motifs is 1. The summed E-state index contributed by atoms with van der Waals surface area (Å²) in [6.07, 6.45) is -0.924. The minimum atomic E-state index is -3.52. The first kappa shape index (κ1) is 21.0. The molecule has 0 aromatic heterocycles. The molecule has 0 saturated heterocycles. The van der Waals surface area contributed by atoms with Crippen molar-refractivity contribution >= 4 is 21.6 Å². The third-order valence-corrected chi connectivity index (χ3v) is 6.48. The molecule has 156 valence electrons. The molecule has 0 saturated carbocycles. The smallest absolute Gasteiger partial charge is 0.263 e. The quantitative estimate of drug-likeness (QED) is 0.698. The van der Waals surface area contributed by atoms with Crippen LogP contribution in [0.25, 0.3) is 0 Å². The topological polar surface area (TPSA) is 84.9 Å². The van der Waals surface area contributed by atoms with E-state index < -0.39 is 16.1 Å². The van der Waals surface area contributed by atoms with Crippen molar-refractivity contribution in [3.8, 4) is 11.5 Å². The zero-order chi connectivity index (χ0) is 21.0. The van der Waals surface area contributed by atoms with Gasteiger partial charge in [0.15, 0.2) is 6.10 Å². The maximum Gasteiger partial charge on any atom is 0.263 e. The van der Waals surface area contributed by atoms with E-state index in [1.807, 2.05) is 32.0 Å². The van der Waals surface area contributed by atoms with Crippen molar-refractivity contribution in [2.24, 2.45) is 0 Å². The fourth-order valence-electron chi connectivity index (χ4n) is 3.07. The van der Waals surface area contributed by atoms with E-state index in [-0.39, 0.29) is 24.7 Å². The van der Waals surface area contributed by atoms with E-state index in [1.54, 1.807) is 31.2 Å². The number of nitrogens with one attached hydrogen (secondary N) is 1. The second-order valence-electron chi connectivity index (χ2n) is 6.91. The summed E-state index contributed by atoms with van der Waals surface area (Å²) in [7, 11) is -3.52. The highest BCUT2D eigenvalue weighted by molar-refractivity contribution is 7.92. The Balaban J connectivity index is 1.62. The number of carbonyl (C=O) groups is 1. The molecule has 1 amide bonds. The number of nitrogens with zero attached hydrogens (tertiary/aromatic N) is 1. The van der Waals surface area contributed by atoms with Gasteiger partial charge >= 0.3 is 0 Å². The van der Waals surface area contributed by atoms with Gasteiger partial charge in [0.2, 0.25) is 10.0 Å². The molecular formula is C21H26N2O5S. The molecule has 1 N–H and O–H groups in total. The molecule has 2 aromatic carbocycles. The van der Waals surface area contributed by atoms with Crippen LogP contribution in [0.5, 0.6) is 11.5 Å². The molecule has 1 aliphatic rings. The van der Waals surface area contributed by atoms with Crippen molar-refractivity contribution in [2.45, 2.75) is 26.9 Å². The van der Waals surface area contributed by atoms with E-state index in [4.69, 9.17) is 9.47 Å². The maximum absolute atomic E-state index is 12.6. The predicted molar refractivity (Wildman–Crippen MR) is 112 cm³/mol. The Morgan fingerprint density at radius 3 is 2.76 bits per heavy atom. The summed E-state index contributed by atoms with van der Waals surface area (Å²) in [4.78, 5) is 12.6. The van der Waals surface area contributed by atoms with Crippen molar-refractivity contribution in [1.29, 1.82) is 0 Å². The van der Waals surface area contributed by atoms with E-state index in [2.05, 4.69) is 5.32 Å². The zero-order valence-electron chi connectivity index (χ0n) is 16.8. The molecule has 1 aliphatic heterocycles. The number of para-hydroxylation sites is 2. The number of aryl methyl sites for hydroxylation is 2. The monoisotopic (exact) mass is 418 g/mol. The number of anilines is 1. The van der Waals surface area contributed by atoms with E-state index in [1.165, 1.54) is 4.31 Å². The Hall–Kier alpha value is -2.74. The normalized spacial score (nSPS) is 16.0. The van der Waals surface area contributed by atoms with Gasteiger partial charge in [0.1, 0.15) is 18.1 Å². The van der Waals surface area contributed by atoms with Gasteiger partial charge in [-0.2, -0.15) is 0 Å². The van der Waals surface area contributed by atoms with Crippen molar-refractivity contribution in [1.82, 2.24) is 5.32 Å². The summed E-state index contributed by atoms with van der Waals surface area (Å²) in [5.41, 5.74) is 2.58. The number of ether oxygens (including phenoxy) is 2. The lowest BCUT2D eigenvalue weighted by Crippen LogP contribution is -2.51. The SMILES string of the molecule is CCS(=O)(=O)N1C[C@@H](C(=O)NCCOc2cc(C)ccc2C)Oc2ccccc21. The van der Waals surface area contributed by atoms with Crippen LogP contribution in [0.4, 0.5) is 5.69 Å². The molecule has 1 heterocycles. The van der Waals surface area contributed by atoms with Crippen molar-refractivity contribution in [2.75, 3.05) is 29.8 Å². The van der Waals surface area contributed by atoms with E-state index >= 15 is 0 Å². The Labute approximate surface area is 171 Å². The van der Waals surface area contributed by atoms with Crippen molar-refractivity contribution in [3.63, 3.8) is 0 Å². The minimum absolute atomic E-state index is 0.0562. The Morgan fingerprint density at radius 1 is 1.24 bits per heavy atom. The van der Waals surface area contributed by atoms with E-state index in [0.717, 1.165) is 16.9 Å². The summed E-state index contributed by atoms with van der Waals surface area (Å²) in [5, 5.41) is 2.77. The molecule has 0 bridgehead atoms. The lowest BCUT2D eigenvalue weighted by molar-refractivity contribution is -0.127. The summed E-state index contributed by atoms with van der Waals surface area (Å²) in [6, 6.07) is 12.8. The van der Waals surface area contributed by atoms with Gasteiger partial charge in [-0.3, -0.25) is 9.10 Å². The summed E-state index contributed by atoms with van der Waals surface area (Å²) >= 11 is 0. The number of hydrogen-bond acceptors (Lipinski definition) is 5. The third-order valence-electron chi connectivity index (χ3n) is 4.73. The highest BCUT2D eigenvalue weighted by Crippen LogP contribution is 2.35. The number of rotatable bonds is 7. The first-order valence-electron chi connectivity index (χ1n) is 9.55. The molecule has 0 radical (unpaired) electrons. The first-order valence-corrected chi connectivity index (χ1v) is 11.2. The molecule has 2 aromatic rings. The van der Waals surface area contributed by atoms with Crippen LogP contribution in [0.2, 0.25) is 0 Å². The summed E-state index contributed by atoms with van der Waals surface area (Å²) in [5.74, 6) is 0.726. The second-order valence-corrected chi connectivity index (χ2v) is 9.10. The lowest BCUT2D eigenvalue weighted by atomic mass is 10.1. The van der Waals surface area contributed by atoms with Crippen LogP contribution in [0.1, 0.15) is 18.1 Å². The average molecular weight is 419 g/mol. The standard InChI is InChI=1S/C21H26N2O5S/c1-4-29(25,26)23-14-20(28-18-8-6-5-7-17(18)23)21(24)22-11-12-27-19-13-15(2)9-10-16(19)3/h5-10,13,20H,4,11-12,14H2,1-3H3,(H,22,24)/t20-/m0/s1.